The summed E-state index contributed by atoms with van der Waals surface area (Å²) in [6.45, 7) is 0.114. The number of halogens is 3. The van der Waals surface area contributed by atoms with Crippen LogP contribution in [0.1, 0.15) is 11.1 Å². The summed E-state index contributed by atoms with van der Waals surface area (Å²) in [5, 5.41) is 4.75. The molecule has 0 aliphatic heterocycles. The van der Waals surface area contributed by atoms with Crippen molar-refractivity contribution in [2.24, 2.45) is 0 Å². The minimum atomic E-state index is -4.50. The average Bonchev–Trinajstić information content (AvgIpc) is 2.82. The molecule has 0 fully saturated rings. The van der Waals surface area contributed by atoms with E-state index in [9.17, 15) is 13.2 Å². The minimum absolute atomic E-state index is 0.0718. The van der Waals surface area contributed by atoms with Gasteiger partial charge in [-0.2, -0.15) is 23.3 Å². The molecule has 0 bridgehead atoms. The summed E-state index contributed by atoms with van der Waals surface area (Å²) in [4.78, 5) is 7.87. The maximum atomic E-state index is 12.9. The highest BCUT2D eigenvalue weighted by atomic mass is 19.4. The zero-order valence-electron chi connectivity index (χ0n) is 11.2. The van der Waals surface area contributed by atoms with Crippen LogP contribution in [0.25, 0.3) is 11.0 Å². The van der Waals surface area contributed by atoms with Crippen LogP contribution in [0.4, 0.5) is 24.8 Å². The van der Waals surface area contributed by atoms with E-state index >= 15 is 0 Å². The topological polar surface area (TPSA) is 95.6 Å². The molecule has 22 heavy (non-hydrogen) atoms. The smallest absolute Gasteiger partial charge is 0.398 e. The first-order chi connectivity index (χ1) is 10.3. The number of nitrogens with two attached hydrogens (primary N) is 2. The summed E-state index contributed by atoms with van der Waals surface area (Å²) in [6, 6.07) is 3.75. The fourth-order valence-electron chi connectivity index (χ4n) is 2.12. The molecule has 0 radical (unpaired) electrons. The molecule has 0 amide bonds. The summed E-state index contributed by atoms with van der Waals surface area (Å²) in [5.74, 6) is 0.0718. The van der Waals surface area contributed by atoms with E-state index < -0.39 is 11.7 Å². The molecule has 0 saturated carbocycles. The zero-order chi connectivity index (χ0) is 15.9. The van der Waals surface area contributed by atoms with Gasteiger partial charge in [0.1, 0.15) is 0 Å². The van der Waals surface area contributed by atoms with Gasteiger partial charge in [0, 0.05) is 11.9 Å². The van der Waals surface area contributed by atoms with Crippen LogP contribution in [0.2, 0.25) is 0 Å². The Hall–Kier alpha value is -2.84. The van der Waals surface area contributed by atoms with E-state index in [0.717, 1.165) is 6.07 Å². The van der Waals surface area contributed by atoms with E-state index in [4.69, 9.17) is 11.5 Å². The van der Waals surface area contributed by atoms with E-state index in [2.05, 4.69) is 15.1 Å². The molecule has 0 aliphatic rings. The third-order valence-electron chi connectivity index (χ3n) is 3.15. The van der Waals surface area contributed by atoms with Gasteiger partial charge in [-0.3, -0.25) is 0 Å². The molecule has 1 aromatic carbocycles. The van der Waals surface area contributed by atoms with Gasteiger partial charge in [-0.1, -0.05) is 6.07 Å². The molecule has 4 N–H and O–H groups in total. The van der Waals surface area contributed by atoms with Gasteiger partial charge in [0.15, 0.2) is 5.65 Å². The van der Waals surface area contributed by atoms with Gasteiger partial charge in [0.25, 0.3) is 0 Å². The SMILES string of the molecule is Nc1ncc2cnn(Cc3ccc(N)c(C(F)(F)F)c3)c2n1. The molecule has 114 valence electrons. The highest BCUT2D eigenvalue weighted by molar-refractivity contribution is 5.74. The molecule has 0 unspecified atom stereocenters. The van der Waals surface area contributed by atoms with Gasteiger partial charge in [-0.15, -0.1) is 0 Å². The maximum Gasteiger partial charge on any atom is 0.418 e. The lowest BCUT2D eigenvalue weighted by molar-refractivity contribution is -0.136. The standard InChI is InChI=1S/C13H11F3N6/c14-13(15,16)9-3-7(1-2-10(9)17)6-22-11-8(5-20-22)4-19-12(18)21-11/h1-5H,6,17H2,(H2,18,19,21). The van der Waals surface area contributed by atoms with Crippen LogP contribution in [0.3, 0.4) is 0 Å². The van der Waals surface area contributed by atoms with E-state index in [1.54, 1.807) is 0 Å². The van der Waals surface area contributed by atoms with Crippen LogP contribution >= 0.6 is 0 Å². The van der Waals surface area contributed by atoms with E-state index in [1.807, 2.05) is 0 Å². The molecular formula is C13H11F3N6. The molecule has 2 heterocycles. The number of fused-ring (bicyclic) bond motifs is 1. The second-order valence-corrected chi connectivity index (χ2v) is 4.73. The predicted octanol–water partition coefficient (Wildman–Crippen LogP) is 2.06. The number of anilines is 2. The van der Waals surface area contributed by atoms with Crippen molar-refractivity contribution in [3.8, 4) is 0 Å². The summed E-state index contributed by atoms with van der Waals surface area (Å²) in [5.41, 5.74) is 10.6. The normalized spacial score (nSPS) is 12.0. The van der Waals surface area contributed by atoms with Crippen LogP contribution in [0.5, 0.6) is 0 Å². The molecule has 3 rings (SSSR count). The number of aromatic nitrogens is 4. The highest BCUT2D eigenvalue weighted by Crippen LogP contribution is 2.34. The quantitative estimate of drug-likeness (QED) is 0.706. The fraction of sp³-hybridized carbons (Fsp3) is 0.154. The second-order valence-electron chi connectivity index (χ2n) is 4.73. The molecule has 0 atom stereocenters. The lowest BCUT2D eigenvalue weighted by Crippen LogP contribution is -2.11. The lowest BCUT2D eigenvalue weighted by Gasteiger charge is -2.12. The molecule has 6 nitrogen and oxygen atoms in total. The Morgan fingerprint density at radius 2 is 1.91 bits per heavy atom. The Morgan fingerprint density at radius 3 is 2.64 bits per heavy atom. The fourth-order valence-corrected chi connectivity index (χ4v) is 2.12. The summed E-state index contributed by atoms with van der Waals surface area (Å²) in [6.07, 6.45) is -1.47. The number of alkyl halides is 3. The second kappa shape index (κ2) is 4.86. The van der Waals surface area contributed by atoms with Crippen LogP contribution in [0, 0.1) is 0 Å². The molecule has 3 aromatic rings. The predicted molar refractivity (Wildman–Crippen MR) is 74.7 cm³/mol. The number of hydrogen-bond donors (Lipinski definition) is 2. The molecule has 0 spiro atoms. The van der Waals surface area contributed by atoms with E-state index in [0.29, 0.717) is 16.6 Å². The van der Waals surface area contributed by atoms with Crippen LogP contribution in [-0.2, 0) is 12.7 Å². The van der Waals surface area contributed by atoms with Crippen LogP contribution < -0.4 is 11.5 Å². The summed E-state index contributed by atoms with van der Waals surface area (Å²) < 4.78 is 40.1. The molecule has 0 aliphatic carbocycles. The van der Waals surface area contributed by atoms with Gasteiger partial charge in [0.2, 0.25) is 5.95 Å². The first-order valence-electron chi connectivity index (χ1n) is 6.24. The van der Waals surface area contributed by atoms with E-state index in [-0.39, 0.29) is 18.2 Å². The lowest BCUT2D eigenvalue weighted by atomic mass is 10.1. The Labute approximate surface area is 122 Å². The summed E-state index contributed by atoms with van der Waals surface area (Å²) in [7, 11) is 0. The minimum Gasteiger partial charge on any atom is -0.398 e. The number of nitrogen functional groups attached to an aromatic ring is 2. The van der Waals surface area contributed by atoms with Crippen molar-refractivity contribution in [3.63, 3.8) is 0 Å². The van der Waals surface area contributed by atoms with Gasteiger partial charge < -0.3 is 11.5 Å². The van der Waals surface area contributed by atoms with Crippen LogP contribution in [0.15, 0.2) is 30.6 Å². The number of rotatable bonds is 2. The number of nitrogens with zero attached hydrogens (tertiary/aromatic N) is 4. The molecule has 2 aromatic heterocycles. The van der Waals surface area contributed by atoms with Gasteiger partial charge in [0.05, 0.1) is 23.7 Å². The zero-order valence-corrected chi connectivity index (χ0v) is 11.2. The number of benzene rings is 1. The Morgan fingerprint density at radius 1 is 1.14 bits per heavy atom. The van der Waals surface area contributed by atoms with Gasteiger partial charge in [-0.25, -0.2) is 9.67 Å². The summed E-state index contributed by atoms with van der Waals surface area (Å²) >= 11 is 0. The molecule has 0 saturated heterocycles. The van der Waals surface area contributed by atoms with Crippen molar-refractivity contribution >= 4 is 22.7 Å². The van der Waals surface area contributed by atoms with Gasteiger partial charge in [-0.05, 0) is 17.7 Å². The van der Waals surface area contributed by atoms with E-state index in [1.165, 1.54) is 29.2 Å². The van der Waals surface area contributed by atoms with Crippen molar-refractivity contribution in [3.05, 3.63) is 41.7 Å². The average molecular weight is 308 g/mol. The molecular weight excluding hydrogens is 297 g/mol. The Kier molecular flexibility index (Phi) is 3.12. The third kappa shape index (κ3) is 2.52. The monoisotopic (exact) mass is 308 g/mol. The largest absolute Gasteiger partial charge is 0.418 e. The van der Waals surface area contributed by atoms with Gasteiger partial charge >= 0.3 is 6.18 Å². The number of hydrogen-bond acceptors (Lipinski definition) is 5. The van der Waals surface area contributed by atoms with Crippen LogP contribution in [-0.4, -0.2) is 19.7 Å². The van der Waals surface area contributed by atoms with Crippen molar-refractivity contribution in [2.45, 2.75) is 12.7 Å². The molecule has 9 heteroatoms. The highest BCUT2D eigenvalue weighted by Gasteiger charge is 2.33. The first-order valence-corrected chi connectivity index (χ1v) is 6.24. The van der Waals surface area contributed by atoms with Crippen molar-refractivity contribution in [2.75, 3.05) is 11.5 Å². The van der Waals surface area contributed by atoms with Crippen molar-refractivity contribution in [1.29, 1.82) is 0 Å². The van der Waals surface area contributed by atoms with Crippen molar-refractivity contribution < 1.29 is 13.2 Å². The third-order valence-corrected chi connectivity index (χ3v) is 3.15. The Bertz CT molecular complexity index is 839. The first kappa shape index (κ1) is 14.1. The Balaban J connectivity index is 2.00. The maximum absolute atomic E-state index is 12.9. The van der Waals surface area contributed by atoms with Crippen molar-refractivity contribution in [1.82, 2.24) is 19.7 Å².